The standard InChI is InChI=1S/C27H25N5OS/c1-27(2,3)20-14-12-19(13-15-20)25-29-30-26(32(25)22-9-5-4-6-10-22)34-18-21-17-24(33)31-16-8-7-11-23(31)28-21/h4-17H,18H2,1-3H3. The number of pyridine rings is 1. The van der Waals surface area contributed by atoms with Crippen LogP contribution in [-0.2, 0) is 11.2 Å². The van der Waals surface area contributed by atoms with Crippen LogP contribution >= 0.6 is 11.8 Å². The van der Waals surface area contributed by atoms with Crippen molar-refractivity contribution >= 4 is 17.4 Å². The van der Waals surface area contributed by atoms with Gasteiger partial charge < -0.3 is 0 Å². The van der Waals surface area contributed by atoms with Crippen LogP contribution in [0.15, 0.2) is 95.0 Å². The van der Waals surface area contributed by atoms with Crippen molar-refractivity contribution in [2.24, 2.45) is 0 Å². The fourth-order valence-electron chi connectivity index (χ4n) is 3.79. The van der Waals surface area contributed by atoms with Gasteiger partial charge in [0.15, 0.2) is 11.0 Å². The molecule has 0 radical (unpaired) electrons. The second kappa shape index (κ2) is 8.91. The van der Waals surface area contributed by atoms with Crippen molar-refractivity contribution < 1.29 is 0 Å². The van der Waals surface area contributed by atoms with Crippen LogP contribution in [0.2, 0.25) is 0 Å². The zero-order valence-corrected chi connectivity index (χ0v) is 20.2. The molecule has 0 aliphatic heterocycles. The minimum Gasteiger partial charge on any atom is -0.270 e. The van der Waals surface area contributed by atoms with E-state index >= 15 is 0 Å². The third-order valence-electron chi connectivity index (χ3n) is 5.63. The molecule has 5 rings (SSSR count). The highest BCUT2D eigenvalue weighted by Gasteiger charge is 2.18. The van der Waals surface area contributed by atoms with E-state index in [2.05, 4.69) is 64.8 Å². The van der Waals surface area contributed by atoms with Crippen molar-refractivity contribution in [2.75, 3.05) is 0 Å². The minimum atomic E-state index is -0.0923. The number of nitrogens with zero attached hydrogens (tertiary/aromatic N) is 5. The maximum absolute atomic E-state index is 12.5. The zero-order chi connectivity index (χ0) is 23.7. The van der Waals surface area contributed by atoms with E-state index in [9.17, 15) is 4.79 Å². The van der Waals surface area contributed by atoms with Gasteiger partial charge in [0, 0.05) is 29.3 Å². The molecule has 0 N–H and O–H groups in total. The summed E-state index contributed by atoms with van der Waals surface area (Å²) in [5.74, 6) is 1.29. The molecule has 0 saturated carbocycles. The summed E-state index contributed by atoms with van der Waals surface area (Å²) in [5.41, 5.74) is 4.58. The molecule has 0 atom stereocenters. The first-order chi connectivity index (χ1) is 16.4. The lowest BCUT2D eigenvalue weighted by atomic mass is 9.87. The quantitative estimate of drug-likeness (QED) is 0.318. The summed E-state index contributed by atoms with van der Waals surface area (Å²) in [6.07, 6.45) is 1.73. The third-order valence-corrected chi connectivity index (χ3v) is 6.59. The highest BCUT2D eigenvalue weighted by atomic mass is 32.2. The van der Waals surface area contributed by atoms with E-state index in [0.717, 1.165) is 22.2 Å². The number of hydrogen-bond acceptors (Lipinski definition) is 5. The molecule has 5 aromatic rings. The molecule has 0 unspecified atom stereocenters. The Morgan fingerprint density at radius 1 is 0.882 bits per heavy atom. The molecule has 3 heterocycles. The molecule has 2 aromatic carbocycles. The molecule has 0 aliphatic rings. The van der Waals surface area contributed by atoms with E-state index in [1.165, 1.54) is 17.3 Å². The number of hydrogen-bond donors (Lipinski definition) is 0. The zero-order valence-electron chi connectivity index (χ0n) is 19.3. The molecule has 7 heteroatoms. The van der Waals surface area contributed by atoms with Gasteiger partial charge in [0.1, 0.15) is 5.65 Å². The Balaban J connectivity index is 1.51. The number of fused-ring (bicyclic) bond motifs is 1. The summed E-state index contributed by atoms with van der Waals surface area (Å²) in [5, 5.41) is 9.79. The summed E-state index contributed by atoms with van der Waals surface area (Å²) < 4.78 is 3.60. The van der Waals surface area contributed by atoms with Crippen molar-refractivity contribution in [2.45, 2.75) is 37.1 Å². The predicted octanol–water partition coefficient (Wildman–Crippen LogP) is 5.53. The Bertz CT molecular complexity index is 1500. The fraction of sp³-hybridized carbons (Fsp3) is 0.185. The van der Waals surface area contributed by atoms with E-state index in [4.69, 9.17) is 0 Å². The lowest BCUT2D eigenvalue weighted by Crippen LogP contribution is -2.14. The van der Waals surface area contributed by atoms with Crippen LogP contribution in [0.3, 0.4) is 0 Å². The third kappa shape index (κ3) is 4.39. The molecule has 0 spiro atoms. The first-order valence-corrected chi connectivity index (χ1v) is 12.1. The minimum absolute atomic E-state index is 0.0816. The predicted molar refractivity (Wildman–Crippen MR) is 137 cm³/mol. The Hall–Kier alpha value is -3.71. The molecule has 0 amide bonds. The number of aromatic nitrogens is 5. The average molecular weight is 468 g/mol. The smallest absolute Gasteiger partial charge is 0.258 e. The van der Waals surface area contributed by atoms with E-state index in [1.54, 1.807) is 16.7 Å². The highest BCUT2D eigenvalue weighted by molar-refractivity contribution is 7.98. The van der Waals surface area contributed by atoms with Crippen LogP contribution in [0.25, 0.3) is 22.7 Å². The fourth-order valence-corrected chi connectivity index (χ4v) is 4.64. The lowest BCUT2D eigenvalue weighted by molar-refractivity contribution is 0.590. The van der Waals surface area contributed by atoms with Crippen LogP contribution < -0.4 is 5.56 Å². The van der Waals surface area contributed by atoms with Gasteiger partial charge in [-0.05, 0) is 35.2 Å². The summed E-state index contributed by atoms with van der Waals surface area (Å²) in [6, 6.07) is 25.7. The largest absolute Gasteiger partial charge is 0.270 e. The average Bonchev–Trinajstić information content (AvgIpc) is 3.27. The summed E-state index contributed by atoms with van der Waals surface area (Å²) in [6.45, 7) is 6.61. The SMILES string of the molecule is CC(C)(C)c1ccc(-c2nnc(SCc3cc(=O)n4ccccc4n3)n2-c2ccccc2)cc1. The summed E-state index contributed by atoms with van der Waals surface area (Å²) in [4.78, 5) is 17.1. The molecule has 0 bridgehead atoms. The molecular weight excluding hydrogens is 442 g/mol. The Morgan fingerprint density at radius 3 is 2.35 bits per heavy atom. The van der Waals surface area contributed by atoms with E-state index in [-0.39, 0.29) is 11.0 Å². The first kappa shape index (κ1) is 22.1. The van der Waals surface area contributed by atoms with Crippen molar-refractivity contribution in [1.29, 1.82) is 0 Å². The van der Waals surface area contributed by atoms with Crippen LogP contribution in [0.5, 0.6) is 0 Å². The van der Waals surface area contributed by atoms with Crippen molar-refractivity contribution in [3.63, 3.8) is 0 Å². The van der Waals surface area contributed by atoms with Crippen molar-refractivity contribution in [3.8, 4) is 17.1 Å². The maximum atomic E-state index is 12.5. The topological polar surface area (TPSA) is 65.1 Å². The van der Waals surface area contributed by atoms with E-state index in [1.807, 2.05) is 48.5 Å². The Kier molecular flexibility index (Phi) is 5.79. The van der Waals surface area contributed by atoms with Gasteiger partial charge in [0.05, 0.1) is 5.69 Å². The Morgan fingerprint density at radius 2 is 1.62 bits per heavy atom. The van der Waals surface area contributed by atoms with Gasteiger partial charge in [-0.25, -0.2) is 4.98 Å². The van der Waals surface area contributed by atoms with Gasteiger partial charge in [-0.1, -0.05) is 81.1 Å². The van der Waals surface area contributed by atoms with Gasteiger partial charge in [-0.15, -0.1) is 10.2 Å². The number of benzene rings is 2. The van der Waals surface area contributed by atoms with Crippen molar-refractivity contribution in [3.05, 3.63) is 107 Å². The van der Waals surface area contributed by atoms with Crippen LogP contribution in [0.4, 0.5) is 0 Å². The second-order valence-electron chi connectivity index (χ2n) is 9.11. The van der Waals surface area contributed by atoms with Gasteiger partial charge in [0.2, 0.25) is 0 Å². The molecule has 6 nitrogen and oxygen atoms in total. The molecule has 170 valence electrons. The molecular formula is C27H25N5OS. The molecule has 0 fully saturated rings. The van der Waals surface area contributed by atoms with E-state index in [0.29, 0.717) is 17.1 Å². The van der Waals surface area contributed by atoms with Crippen LogP contribution in [-0.4, -0.2) is 24.1 Å². The summed E-state index contributed by atoms with van der Waals surface area (Å²) in [7, 11) is 0. The molecule has 0 saturated heterocycles. The molecule has 34 heavy (non-hydrogen) atoms. The number of thioether (sulfide) groups is 1. The van der Waals surface area contributed by atoms with Gasteiger partial charge in [0.25, 0.3) is 5.56 Å². The summed E-state index contributed by atoms with van der Waals surface area (Å²) >= 11 is 1.51. The van der Waals surface area contributed by atoms with Gasteiger partial charge >= 0.3 is 0 Å². The second-order valence-corrected chi connectivity index (χ2v) is 10.1. The van der Waals surface area contributed by atoms with Crippen LogP contribution in [0, 0.1) is 0 Å². The van der Waals surface area contributed by atoms with Gasteiger partial charge in [-0.2, -0.15) is 0 Å². The van der Waals surface area contributed by atoms with Crippen molar-refractivity contribution in [1.82, 2.24) is 24.1 Å². The monoisotopic (exact) mass is 467 g/mol. The van der Waals surface area contributed by atoms with Gasteiger partial charge in [-0.3, -0.25) is 13.8 Å². The number of para-hydroxylation sites is 1. The highest BCUT2D eigenvalue weighted by Crippen LogP contribution is 2.31. The molecule has 0 aliphatic carbocycles. The molecule has 3 aromatic heterocycles. The maximum Gasteiger partial charge on any atom is 0.258 e. The lowest BCUT2D eigenvalue weighted by Gasteiger charge is -2.19. The number of rotatable bonds is 5. The normalized spacial score (nSPS) is 11.7. The van der Waals surface area contributed by atoms with Crippen LogP contribution in [0.1, 0.15) is 32.0 Å². The van der Waals surface area contributed by atoms with E-state index < -0.39 is 0 Å². The first-order valence-electron chi connectivity index (χ1n) is 11.1. The Labute approximate surface area is 202 Å².